The second kappa shape index (κ2) is 10.1. The van der Waals surface area contributed by atoms with Gasteiger partial charge in [-0.2, -0.15) is 0 Å². The quantitative estimate of drug-likeness (QED) is 0.488. The van der Waals surface area contributed by atoms with Crippen LogP contribution in [0.5, 0.6) is 0 Å². The molecule has 4 heteroatoms. The third kappa shape index (κ3) is 5.82. The van der Waals surface area contributed by atoms with Crippen molar-refractivity contribution in [1.29, 1.82) is 0 Å². The fourth-order valence-electron chi connectivity index (χ4n) is 4.12. The Hall–Kier alpha value is -1.39. The van der Waals surface area contributed by atoms with Gasteiger partial charge in [0.25, 0.3) is 0 Å². The summed E-state index contributed by atoms with van der Waals surface area (Å²) in [5.74, 6) is 1.04. The highest BCUT2D eigenvalue weighted by Gasteiger charge is 2.42. The summed E-state index contributed by atoms with van der Waals surface area (Å²) in [6.45, 7) is 2.16. The largest absolute Gasteiger partial charge is 0.392 e. The summed E-state index contributed by atoms with van der Waals surface area (Å²) < 4.78 is 0. The van der Waals surface area contributed by atoms with E-state index in [0.717, 1.165) is 38.5 Å². The van der Waals surface area contributed by atoms with Gasteiger partial charge in [0, 0.05) is 26.4 Å². The average molecular weight is 362 g/mol. The lowest BCUT2D eigenvalue weighted by molar-refractivity contribution is -0.127. The number of amides is 1. The van der Waals surface area contributed by atoms with E-state index >= 15 is 0 Å². The summed E-state index contributed by atoms with van der Waals surface area (Å²) >= 11 is 0. The lowest BCUT2D eigenvalue weighted by Gasteiger charge is -2.18. The summed E-state index contributed by atoms with van der Waals surface area (Å²) in [6.07, 6.45) is 15.8. The Bertz CT molecular complexity index is 550. The Morgan fingerprint density at radius 2 is 2.15 bits per heavy atom. The van der Waals surface area contributed by atoms with E-state index < -0.39 is 6.10 Å². The zero-order chi connectivity index (χ0) is 19.1. The first kappa shape index (κ1) is 20.9. The van der Waals surface area contributed by atoms with Crippen LogP contribution in [0.4, 0.5) is 0 Å². The van der Waals surface area contributed by atoms with Crippen molar-refractivity contribution in [3.63, 3.8) is 0 Å². The summed E-state index contributed by atoms with van der Waals surface area (Å²) in [7, 11) is 3.54. The molecule has 4 nitrogen and oxygen atoms in total. The van der Waals surface area contributed by atoms with Gasteiger partial charge in [-0.1, -0.05) is 62.1 Å². The highest BCUT2D eigenvalue weighted by molar-refractivity contribution is 5.77. The van der Waals surface area contributed by atoms with Crippen LogP contribution in [0.3, 0.4) is 0 Å². The van der Waals surface area contributed by atoms with Crippen molar-refractivity contribution in [1.82, 2.24) is 4.90 Å². The van der Waals surface area contributed by atoms with E-state index in [0.29, 0.717) is 18.3 Å². The molecule has 1 saturated carbocycles. The number of fused-ring (bicyclic) bond motifs is 1. The minimum absolute atomic E-state index is 0.105. The van der Waals surface area contributed by atoms with Gasteiger partial charge in [0.1, 0.15) is 0 Å². The third-order valence-corrected chi connectivity index (χ3v) is 5.68. The van der Waals surface area contributed by atoms with Crippen LogP contribution in [0.25, 0.3) is 0 Å². The average Bonchev–Trinajstić information content (AvgIpc) is 3.09. The van der Waals surface area contributed by atoms with Crippen LogP contribution >= 0.6 is 0 Å². The minimum Gasteiger partial charge on any atom is -0.392 e. The number of nitrogens with zero attached hydrogens (tertiary/aromatic N) is 1. The predicted octanol–water partition coefficient (Wildman–Crippen LogP) is 3.46. The lowest BCUT2D eigenvalue weighted by Crippen LogP contribution is -2.20. The van der Waals surface area contributed by atoms with Gasteiger partial charge in [-0.25, -0.2) is 0 Å². The Kier molecular flexibility index (Phi) is 8.11. The van der Waals surface area contributed by atoms with Gasteiger partial charge in [0.2, 0.25) is 5.91 Å². The maximum absolute atomic E-state index is 11.6. The van der Waals surface area contributed by atoms with Crippen LogP contribution in [-0.2, 0) is 4.79 Å². The summed E-state index contributed by atoms with van der Waals surface area (Å²) in [5.41, 5.74) is 1.26. The molecule has 2 aliphatic rings. The molecule has 0 radical (unpaired) electrons. The van der Waals surface area contributed by atoms with Crippen LogP contribution in [0.1, 0.15) is 51.9 Å². The summed E-state index contributed by atoms with van der Waals surface area (Å²) in [6, 6.07) is 0. The summed E-state index contributed by atoms with van der Waals surface area (Å²) in [4.78, 5) is 13.2. The third-order valence-electron chi connectivity index (χ3n) is 5.68. The standard InChI is InChI=1S/C22H35NO3/c1-4-5-6-9-18(24)11-12-19-20-14-16(13-17(20)15-21(19)25)8-7-10-22(26)23(2)3/h7-8,11-13,17-21,24-25H,4-6,9-10,14-15H2,1-3H3/t17-,18-,19+,20-,21+/m0/s1. The van der Waals surface area contributed by atoms with Crippen molar-refractivity contribution in [2.45, 2.75) is 64.1 Å². The van der Waals surface area contributed by atoms with Crippen molar-refractivity contribution < 1.29 is 15.0 Å². The minimum atomic E-state index is -0.404. The summed E-state index contributed by atoms with van der Waals surface area (Å²) in [5, 5.41) is 20.5. The molecule has 0 saturated heterocycles. The zero-order valence-corrected chi connectivity index (χ0v) is 16.5. The molecule has 0 bridgehead atoms. The van der Waals surface area contributed by atoms with Crippen LogP contribution in [-0.4, -0.2) is 47.3 Å². The first-order valence-corrected chi connectivity index (χ1v) is 10.0. The molecule has 2 N–H and O–H groups in total. The molecular weight excluding hydrogens is 326 g/mol. The molecular formula is C22H35NO3. The Morgan fingerprint density at radius 3 is 2.85 bits per heavy atom. The molecule has 5 atom stereocenters. The SMILES string of the molecule is CCCCC[C@H](O)C=C[C@@H]1[C@H]2CC(C=CCC(=O)N(C)C)=C[C@H]2C[C@H]1O. The molecule has 26 heavy (non-hydrogen) atoms. The molecule has 1 fully saturated rings. The molecule has 0 spiro atoms. The maximum atomic E-state index is 11.6. The molecule has 2 rings (SSSR count). The zero-order valence-electron chi connectivity index (χ0n) is 16.5. The van der Waals surface area contributed by atoms with E-state index in [4.69, 9.17) is 0 Å². The Labute approximate surface area is 158 Å². The van der Waals surface area contributed by atoms with Gasteiger partial charge >= 0.3 is 0 Å². The topological polar surface area (TPSA) is 60.8 Å². The van der Waals surface area contributed by atoms with E-state index in [2.05, 4.69) is 19.1 Å². The fraction of sp³-hybridized carbons (Fsp3) is 0.682. The molecule has 0 aromatic rings. The smallest absolute Gasteiger partial charge is 0.225 e. The van der Waals surface area contributed by atoms with Gasteiger partial charge in [0.05, 0.1) is 12.2 Å². The van der Waals surface area contributed by atoms with Crippen LogP contribution in [0.2, 0.25) is 0 Å². The van der Waals surface area contributed by atoms with Gasteiger partial charge in [-0.15, -0.1) is 0 Å². The number of aliphatic hydroxyl groups excluding tert-OH is 2. The molecule has 0 heterocycles. The fourth-order valence-corrected chi connectivity index (χ4v) is 4.12. The number of rotatable bonds is 9. The molecule has 0 aromatic heterocycles. The van der Waals surface area contributed by atoms with Gasteiger partial charge in [0.15, 0.2) is 0 Å². The van der Waals surface area contributed by atoms with E-state index in [-0.39, 0.29) is 17.9 Å². The van der Waals surface area contributed by atoms with Crippen molar-refractivity contribution in [2.24, 2.45) is 17.8 Å². The van der Waals surface area contributed by atoms with E-state index in [1.54, 1.807) is 19.0 Å². The molecule has 0 unspecified atom stereocenters. The number of carbonyl (C=O) groups excluding carboxylic acids is 1. The molecule has 0 aromatic carbocycles. The molecule has 1 amide bonds. The monoisotopic (exact) mass is 361 g/mol. The molecule has 0 aliphatic heterocycles. The van der Waals surface area contributed by atoms with Crippen molar-refractivity contribution in [3.05, 3.63) is 36.0 Å². The van der Waals surface area contributed by atoms with E-state index in [1.165, 1.54) is 5.57 Å². The van der Waals surface area contributed by atoms with Crippen molar-refractivity contribution in [2.75, 3.05) is 14.1 Å². The van der Waals surface area contributed by atoms with Crippen LogP contribution in [0.15, 0.2) is 36.0 Å². The first-order chi connectivity index (χ1) is 12.4. The van der Waals surface area contributed by atoms with E-state index in [1.807, 2.05) is 18.2 Å². The number of hydrogen-bond acceptors (Lipinski definition) is 3. The number of allylic oxidation sites excluding steroid dienone is 3. The Balaban J connectivity index is 1.86. The highest BCUT2D eigenvalue weighted by atomic mass is 16.3. The lowest BCUT2D eigenvalue weighted by atomic mass is 9.89. The van der Waals surface area contributed by atoms with Gasteiger partial charge in [-0.05, 0) is 31.1 Å². The Morgan fingerprint density at radius 1 is 1.38 bits per heavy atom. The van der Waals surface area contributed by atoms with Gasteiger partial charge in [-0.3, -0.25) is 4.79 Å². The van der Waals surface area contributed by atoms with E-state index in [9.17, 15) is 15.0 Å². The number of carbonyl (C=O) groups is 1. The molecule has 2 aliphatic carbocycles. The normalized spacial score (nSPS) is 29.3. The number of hydrogen-bond donors (Lipinski definition) is 2. The van der Waals surface area contributed by atoms with Crippen molar-refractivity contribution in [3.8, 4) is 0 Å². The predicted molar refractivity (Wildman–Crippen MR) is 106 cm³/mol. The van der Waals surface area contributed by atoms with Crippen LogP contribution < -0.4 is 0 Å². The molecule has 146 valence electrons. The van der Waals surface area contributed by atoms with Crippen molar-refractivity contribution >= 4 is 5.91 Å². The second-order valence-electron chi connectivity index (χ2n) is 8.00. The van der Waals surface area contributed by atoms with Gasteiger partial charge < -0.3 is 15.1 Å². The maximum Gasteiger partial charge on any atom is 0.225 e. The number of aliphatic hydroxyl groups is 2. The second-order valence-corrected chi connectivity index (χ2v) is 8.00. The first-order valence-electron chi connectivity index (χ1n) is 10.0. The number of unbranched alkanes of at least 4 members (excludes halogenated alkanes) is 2. The highest BCUT2D eigenvalue weighted by Crippen LogP contribution is 2.47. The van der Waals surface area contributed by atoms with Crippen LogP contribution in [0, 0.1) is 17.8 Å².